The number of hydrogen-bond donors (Lipinski definition) is 0. The molecule has 0 bridgehead atoms. The third-order valence-corrected chi connectivity index (χ3v) is 2.36. The number of rotatable bonds is 7. The highest BCUT2D eigenvalue weighted by atomic mass is 19.3. The van der Waals surface area contributed by atoms with Crippen molar-refractivity contribution >= 4 is 11.9 Å². The summed E-state index contributed by atoms with van der Waals surface area (Å²) in [5.41, 5.74) is 0. The lowest BCUT2D eigenvalue weighted by Gasteiger charge is -2.22. The number of alkyl halides is 4. The van der Waals surface area contributed by atoms with E-state index in [1.165, 1.54) is 0 Å². The second-order valence-electron chi connectivity index (χ2n) is 3.51. The first-order chi connectivity index (χ1) is 8.33. The largest absolute Gasteiger partial charge is 0.469 e. The van der Waals surface area contributed by atoms with Crippen LogP contribution in [-0.2, 0) is 19.1 Å². The number of carbonyl (C=O) groups excluding carboxylic acids is 2. The Bertz CT molecular complexity index is 255. The predicted octanol–water partition coefficient (Wildman–Crippen LogP) is 1.88. The molecule has 0 saturated carbocycles. The smallest absolute Gasteiger partial charge is 0.309 e. The fraction of sp³-hybridized carbons (Fsp3) is 0.800. The maximum atomic E-state index is 12.3. The van der Waals surface area contributed by atoms with Crippen LogP contribution < -0.4 is 0 Å². The van der Waals surface area contributed by atoms with Crippen molar-refractivity contribution in [2.45, 2.75) is 25.7 Å². The van der Waals surface area contributed by atoms with Gasteiger partial charge < -0.3 is 9.47 Å². The molecule has 0 aromatic carbocycles. The van der Waals surface area contributed by atoms with Gasteiger partial charge >= 0.3 is 11.9 Å². The summed E-state index contributed by atoms with van der Waals surface area (Å²) in [6.07, 6.45) is -7.89. The van der Waals surface area contributed by atoms with Crippen LogP contribution in [0.4, 0.5) is 17.6 Å². The van der Waals surface area contributed by atoms with Gasteiger partial charge in [0.05, 0.1) is 26.1 Å². The predicted molar refractivity (Wildman–Crippen MR) is 52.3 cm³/mol. The summed E-state index contributed by atoms with van der Waals surface area (Å²) in [6.45, 7) is 0. The molecule has 0 aromatic rings. The number of methoxy groups -OCH3 is 2. The molecule has 0 saturated heterocycles. The van der Waals surface area contributed by atoms with Crippen LogP contribution in [0.1, 0.15) is 12.8 Å². The van der Waals surface area contributed by atoms with E-state index in [1.807, 2.05) is 0 Å². The van der Waals surface area contributed by atoms with Gasteiger partial charge in [0.2, 0.25) is 12.9 Å². The van der Waals surface area contributed by atoms with E-state index in [9.17, 15) is 27.2 Å². The Kier molecular flexibility index (Phi) is 7.30. The molecule has 0 aromatic heterocycles. The standard InChI is InChI=1S/C10H14F4O4/c1-17-9(15)5(3-7(11)12)6(4-8(13)14)10(16)18-2/h5-8H,3-4H2,1-2H3. The molecule has 0 fully saturated rings. The van der Waals surface area contributed by atoms with Gasteiger partial charge in [0.15, 0.2) is 0 Å². The number of hydrogen-bond acceptors (Lipinski definition) is 4. The van der Waals surface area contributed by atoms with Crippen molar-refractivity contribution in [1.82, 2.24) is 0 Å². The van der Waals surface area contributed by atoms with E-state index < -0.39 is 49.5 Å². The molecule has 106 valence electrons. The minimum Gasteiger partial charge on any atom is -0.469 e. The van der Waals surface area contributed by atoms with E-state index in [2.05, 4.69) is 9.47 Å². The van der Waals surface area contributed by atoms with Crippen LogP contribution in [0.15, 0.2) is 0 Å². The molecule has 0 heterocycles. The van der Waals surface area contributed by atoms with Crippen molar-refractivity contribution in [3.8, 4) is 0 Å². The summed E-state index contributed by atoms with van der Waals surface area (Å²) in [6, 6.07) is 0. The van der Waals surface area contributed by atoms with Gasteiger partial charge in [0.1, 0.15) is 0 Å². The van der Waals surface area contributed by atoms with Crippen molar-refractivity contribution < 1.29 is 36.6 Å². The molecule has 0 aliphatic heterocycles. The molecule has 18 heavy (non-hydrogen) atoms. The molecule has 0 aliphatic rings. The normalized spacial score (nSPS) is 14.4. The fourth-order valence-electron chi connectivity index (χ4n) is 1.54. The van der Waals surface area contributed by atoms with Gasteiger partial charge in [-0.1, -0.05) is 0 Å². The number of ether oxygens (including phenoxy) is 2. The lowest BCUT2D eigenvalue weighted by atomic mass is 9.87. The van der Waals surface area contributed by atoms with Gasteiger partial charge in [-0.3, -0.25) is 9.59 Å². The van der Waals surface area contributed by atoms with Crippen LogP contribution in [0, 0.1) is 11.8 Å². The van der Waals surface area contributed by atoms with E-state index >= 15 is 0 Å². The third kappa shape index (κ3) is 5.33. The summed E-state index contributed by atoms with van der Waals surface area (Å²) < 4.78 is 57.7. The van der Waals surface area contributed by atoms with Crippen molar-refractivity contribution in [3.05, 3.63) is 0 Å². The SMILES string of the molecule is COC(=O)C(CC(F)F)C(CC(F)F)C(=O)OC. The van der Waals surface area contributed by atoms with Crippen molar-refractivity contribution in [2.75, 3.05) is 14.2 Å². The molecule has 0 spiro atoms. The van der Waals surface area contributed by atoms with Crippen LogP contribution >= 0.6 is 0 Å². The molecule has 0 amide bonds. The minimum atomic E-state index is -2.92. The average Bonchev–Trinajstić information content (AvgIpc) is 2.30. The van der Waals surface area contributed by atoms with E-state index in [1.54, 1.807) is 0 Å². The van der Waals surface area contributed by atoms with Gasteiger partial charge in [-0.25, -0.2) is 17.6 Å². The Balaban J connectivity index is 5.05. The molecule has 0 rings (SSSR count). The zero-order valence-electron chi connectivity index (χ0n) is 9.87. The Morgan fingerprint density at radius 2 is 1.11 bits per heavy atom. The third-order valence-electron chi connectivity index (χ3n) is 2.36. The first-order valence-electron chi connectivity index (χ1n) is 5.05. The molecular weight excluding hydrogens is 260 g/mol. The quantitative estimate of drug-likeness (QED) is 0.525. The second kappa shape index (κ2) is 7.88. The van der Waals surface area contributed by atoms with E-state index in [0.717, 1.165) is 14.2 Å². The number of halogens is 4. The highest BCUT2D eigenvalue weighted by molar-refractivity contribution is 5.82. The minimum absolute atomic E-state index is 0.928. The average molecular weight is 274 g/mol. The highest BCUT2D eigenvalue weighted by Gasteiger charge is 2.39. The van der Waals surface area contributed by atoms with Gasteiger partial charge in [-0.05, 0) is 0 Å². The van der Waals surface area contributed by atoms with E-state index in [4.69, 9.17) is 0 Å². The summed E-state index contributed by atoms with van der Waals surface area (Å²) in [5.74, 6) is -5.55. The van der Waals surface area contributed by atoms with E-state index in [0.29, 0.717) is 0 Å². The maximum Gasteiger partial charge on any atom is 0.309 e. The number of carbonyl (C=O) groups is 2. The van der Waals surface area contributed by atoms with Gasteiger partial charge in [0.25, 0.3) is 0 Å². The highest BCUT2D eigenvalue weighted by Crippen LogP contribution is 2.27. The second-order valence-corrected chi connectivity index (χ2v) is 3.51. The molecule has 4 nitrogen and oxygen atoms in total. The summed E-state index contributed by atoms with van der Waals surface area (Å²) >= 11 is 0. The molecule has 0 N–H and O–H groups in total. The Hall–Kier alpha value is -1.34. The summed E-state index contributed by atoms with van der Waals surface area (Å²) in [4.78, 5) is 22.6. The zero-order valence-corrected chi connectivity index (χ0v) is 9.87. The van der Waals surface area contributed by atoms with Gasteiger partial charge in [-0.15, -0.1) is 0 Å². The number of esters is 2. The van der Waals surface area contributed by atoms with Crippen LogP contribution in [0.5, 0.6) is 0 Å². The lowest BCUT2D eigenvalue weighted by molar-refractivity contribution is -0.160. The monoisotopic (exact) mass is 274 g/mol. The topological polar surface area (TPSA) is 52.6 Å². The maximum absolute atomic E-state index is 12.3. The lowest BCUT2D eigenvalue weighted by Crippen LogP contribution is -2.34. The fourth-order valence-corrected chi connectivity index (χ4v) is 1.54. The molecule has 0 aliphatic carbocycles. The Morgan fingerprint density at radius 1 is 0.833 bits per heavy atom. The van der Waals surface area contributed by atoms with Crippen molar-refractivity contribution in [1.29, 1.82) is 0 Å². The van der Waals surface area contributed by atoms with Crippen molar-refractivity contribution in [3.63, 3.8) is 0 Å². The Labute approximate surface area is 101 Å². The molecule has 2 unspecified atom stereocenters. The van der Waals surface area contributed by atoms with Crippen LogP contribution in [0.3, 0.4) is 0 Å². The van der Waals surface area contributed by atoms with Gasteiger partial charge in [0, 0.05) is 12.8 Å². The first kappa shape index (κ1) is 16.7. The van der Waals surface area contributed by atoms with Crippen LogP contribution in [-0.4, -0.2) is 39.0 Å². The molecule has 2 atom stereocenters. The summed E-state index contributed by atoms with van der Waals surface area (Å²) in [7, 11) is 1.86. The Morgan fingerprint density at radius 3 is 1.28 bits per heavy atom. The molecule has 0 radical (unpaired) electrons. The zero-order chi connectivity index (χ0) is 14.3. The molecule has 8 heteroatoms. The van der Waals surface area contributed by atoms with Crippen LogP contribution in [0.25, 0.3) is 0 Å². The first-order valence-corrected chi connectivity index (χ1v) is 5.05. The van der Waals surface area contributed by atoms with Crippen molar-refractivity contribution in [2.24, 2.45) is 11.8 Å². The molecular formula is C10H14F4O4. The van der Waals surface area contributed by atoms with E-state index in [-0.39, 0.29) is 0 Å². The van der Waals surface area contributed by atoms with Gasteiger partial charge in [-0.2, -0.15) is 0 Å². The van der Waals surface area contributed by atoms with Crippen LogP contribution in [0.2, 0.25) is 0 Å². The summed E-state index contributed by atoms with van der Waals surface area (Å²) in [5, 5.41) is 0.